The summed E-state index contributed by atoms with van der Waals surface area (Å²) in [6.45, 7) is 7.26. The standard InChI is InChI=1S/C16H28N6O/c1-13(11-21-9-3-2-4-10-21)18-16(23)15-12-22(20-19-15)14-5-7-17-8-6-14/h12-14,17H,2-11H2,1H3,(H,18,23). The minimum absolute atomic E-state index is 0.116. The molecule has 2 fully saturated rings. The highest BCUT2D eigenvalue weighted by Gasteiger charge is 2.20. The van der Waals surface area contributed by atoms with Gasteiger partial charge in [0, 0.05) is 12.6 Å². The molecular formula is C16H28N6O. The van der Waals surface area contributed by atoms with Crippen LogP contribution >= 0.6 is 0 Å². The summed E-state index contributed by atoms with van der Waals surface area (Å²) >= 11 is 0. The molecule has 0 aromatic carbocycles. The summed E-state index contributed by atoms with van der Waals surface area (Å²) in [5.41, 5.74) is 0.425. The first-order valence-electron chi connectivity index (χ1n) is 8.88. The van der Waals surface area contributed by atoms with Gasteiger partial charge in [0.25, 0.3) is 5.91 Å². The third kappa shape index (κ3) is 4.51. The number of hydrogen-bond donors (Lipinski definition) is 2. The fourth-order valence-electron chi connectivity index (χ4n) is 3.50. The monoisotopic (exact) mass is 320 g/mol. The zero-order valence-corrected chi connectivity index (χ0v) is 14.0. The largest absolute Gasteiger partial charge is 0.347 e. The van der Waals surface area contributed by atoms with Crippen molar-refractivity contribution in [2.75, 3.05) is 32.7 Å². The molecule has 7 heteroatoms. The predicted octanol–water partition coefficient (Wildman–Crippen LogP) is 0.807. The van der Waals surface area contributed by atoms with E-state index in [2.05, 4.69) is 32.8 Å². The van der Waals surface area contributed by atoms with Crippen molar-refractivity contribution in [2.45, 2.75) is 51.1 Å². The summed E-state index contributed by atoms with van der Waals surface area (Å²) in [4.78, 5) is 14.8. The lowest BCUT2D eigenvalue weighted by molar-refractivity contribution is 0.0920. The molecule has 1 unspecified atom stereocenters. The first-order valence-corrected chi connectivity index (χ1v) is 8.88. The van der Waals surface area contributed by atoms with E-state index in [-0.39, 0.29) is 11.9 Å². The van der Waals surface area contributed by atoms with Crippen LogP contribution in [0.15, 0.2) is 6.20 Å². The van der Waals surface area contributed by atoms with Crippen molar-refractivity contribution in [1.29, 1.82) is 0 Å². The second-order valence-electron chi connectivity index (χ2n) is 6.80. The Labute approximate surface area is 137 Å². The van der Waals surface area contributed by atoms with Gasteiger partial charge < -0.3 is 15.5 Å². The van der Waals surface area contributed by atoms with Crippen molar-refractivity contribution in [1.82, 2.24) is 30.5 Å². The van der Waals surface area contributed by atoms with Gasteiger partial charge >= 0.3 is 0 Å². The predicted molar refractivity (Wildman–Crippen MR) is 88.4 cm³/mol. The Hall–Kier alpha value is -1.47. The van der Waals surface area contributed by atoms with E-state index in [4.69, 9.17) is 0 Å². The van der Waals surface area contributed by atoms with Gasteiger partial charge in [-0.3, -0.25) is 4.79 Å². The molecule has 7 nitrogen and oxygen atoms in total. The average Bonchev–Trinajstić information content (AvgIpc) is 3.06. The van der Waals surface area contributed by atoms with Crippen LogP contribution in [0.3, 0.4) is 0 Å². The van der Waals surface area contributed by atoms with Crippen molar-refractivity contribution in [3.05, 3.63) is 11.9 Å². The topological polar surface area (TPSA) is 75.1 Å². The molecule has 1 aromatic rings. The molecule has 0 aliphatic carbocycles. The molecule has 2 aliphatic rings. The quantitative estimate of drug-likeness (QED) is 0.840. The van der Waals surface area contributed by atoms with Crippen molar-refractivity contribution in [2.24, 2.45) is 0 Å². The summed E-state index contributed by atoms with van der Waals surface area (Å²) < 4.78 is 1.85. The van der Waals surface area contributed by atoms with Gasteiger partial charge in [-0.15, -0.1) is 5.10 Å². The number of aromatic nitrogens is 3. The van der Waals surface area contributed by atoms with E-state index >= 15 is 0 Å². The highest BCUT2D eigenvalue weighted by atomic mass is 16.2. The van der Waals surface area contributed by atoms with Gasteiger partial charge in [0.2, 0.25) is 0 Å². The Kier molecular flexibility index (Phi) is 5.61. The van der Waals surface area contributed by atoms with Crippen molar-refractivity contribution in [3.8, 4) is 0 Å². The molecule has 2 aliphatic heterocycles. The normalized spacial score (nSPS) is 22.0. The van der Waals surface area contributed by atoms with Gasteiger partial charge in [-0.05, 0) is 58.8 Å². The molecule has 3 heterocycles. The first-order chi connectivity index (χ1) is 11.2. The summed E-state index contributed by atoms with van der Waals surface area (Å²) in [5.74, 6) is -0.116. The van der Waals surface area contributed by atoms with E-state index in [1.165, 1.54) is 19.3 Å². The summed E-state index contributed by atoms with van der Waals surface area (Å²) in [7, 11) is 0. The fraction of sp³-hybridized carbons (Fsp3) is 0.812. The number of rotatable bonds is 5. The zero-order chi connectivity index (χ0) is 16.1. The molecule has 0 spiro atoms. The average molecular weight is 320 g/mol. The van der Waals surface area contributed by atoms with Gasteiger partial charge in [0.05, 0.1) is 12.2 Å². The molecule has 2 N–H and O–H groups in total. The second-order valence-corrected chi connectivity index (χ2v) is 6.80. The number of carbonyl (C=O) groups excluding carboxylic acids is 1. The smallest absolute Gasteiger partial charge is 0.273 e. The number of likely N-dealkylation sites (tertiary alicyclic amines) is 1. The van der Waals surface area contributed by atoms with E-state index in [0.717, 1.165) is 45.6 Å². The highest BCUT2D eigenvalue weighted by molar-refractivity contribution is 5.92. The van der Waals surface area contributed by atoms with Crippen LogP contribution in [0, 0.1) is 0 Å². The number of amides is 1. The molecule has 3 rings (SSSR count). The first kappa shape index (κ1) is 16.4. The van der Waals surface area contributed by atoms with Crippen LogP contribution in [0.2, 0.25) is 0 Å². The Morgan fingerprint density at radius 2 is 2.09 bits per heavy atom. The Bertz CT molecular complexity index is 504. The highest BCUT2D eigenvalue weighted by Crippen LogP contribution is 2.17. The third-order valence-corrected chi connectivity index (χ3v) is 4.78. The van der Waals surface area contributed by atoms with Gasteiger partial charge in [-0.1, -0.05) is 11.6 Å². The molecule has 0 saturated carbocycles. The Morgan fingerprint density at radius 3 is 2.83 bits per heavy atom. The van der Waals surface area contributed by atoms with Crippen molar-refractivity contribution < 1.29 is 4.79 Å². The number of nitrogens with one attached hydrogen (secondary N) is 2. The van der Waals surface area contributed by atoms with Crippen LogP contribution < -0.4 is 10.6 Å². The lowest BCUT2D eigenvalue weighted by Gasteiger charge is -2.29. The fourth-order valence-corrected chi connectivity index (χ4v) is 3.50. The number of nitrogens with zero attached hydrogens (tertiary/aromatic N) is 4. The van der Waals surface area contributed by atoms with Gasteiger partial charge in [-0.25, -0.2) is 4.68 Å². The molecule has 2 saturated heterocycles. The SMILES string of the molecule is CC(CN1CCCCC1)NC(=O)c1cn(C2CCNCC2)nn1. The summed E-state index contributed by atoms with van der Waals surface area (Å²) in [6, 6.07) is 0.487. The number of piperidine rings is 2. The van der Waals surface area contributed by atoms with Crippen LogP contribution in [0.1, 0.15) is 55.6 Å². The number of carbonyl (C=O) groups is 1. The summed E-state index contributed by atoms with van der Waals surface area (Å²) in [6.07, 6.45) is 7.73. The number of hydrogen-bond acceptors (Lipinski definition) is 5. The molecule has 1 aromatic heterocycles. The molecule has 1 atom stereocenters. The van der Waals surface area contributed by atoms with Gasteiger partial charge in [0.15, 0.2) is 5.69 Å². The van der Waals surface area contributed by atoms with Crippen LogP contribution in [0.4, 0.5) is 0 Å². The zero-order valence-electron chi connectivity index (χ0n) is 14.0. The van der Waals surface area contributed by atoms with E-state index in [1.807, 2.05) is 4.68 Å². The van der Waals surface area contributed by atoms with E-state index in [1.54, 1.807) is 6.20 Å². The molecule has 0 bridgehead atoms. The Balaban J connectivity index is 1.50. The van der Waals surface area contributed by atoms with Crippen molar-refractivity contribution >= 4 is 5.91 Å². The maximum atomic E-state index is 12.3. The van der Waals surface area contributed by atoms with E-state index in [0.29, 0.717) is 11.7 Å². The van der Waals surface area contributed by atoms with Crippen LogP contribution in [0.25, 0.3) is 0 Å². The lowest BCUT2D eigenvalue weighted by atomic mass is 10.1. The van der Waals surface area contributed by atoms with Crippen LogP contribution in [0.5, 0.6) is 0 Å². The van der Waals surface area contributed by atoms with Gasteiger partial charge in [-0.2, -0.15) is 0 Å². The molecule has 0 radical (unpaired) electrons. The van der Waals surface area contributed by atoms with E-state index < -0.39 is 0 Å². The second kappa shape index (κ2) is 7.88. The minimum Gasteiger partial charge on any atom is -0.347 e. The Morgan fingerprint density at radius 1 is 1.35 bits per heavy atom. The molecule has 23 heavy (non-hydrogen) atoms. The molecule has 1 amide bonds. The maximum absolute atomic E-state index is 12.3. The molecule has 128 valence electrons. The van der Waals surface area contributed by atoms with Crippen LogP contribution in [-0.4, -0.2) is 64.6 Å². The molecular weight excluding hydrogens is 292 g/mol. The van der Waals surface area contributed by atoms with E-state index in [9.17, 15) is 4.79 Å². The third-order valence-electron chi connectivity index (χ3n) is 4.78. The summed E-state index contributed by atoms with van der Waals surface area (Å²) in [5, 5.41) is 14.6. The van der Waals surface area contributed by atoms with Crippen molar-refractivity contribution in [3.63, 3.8) is 0 Å². The minimum atomic E-state index is -0.116. The van der Waals surface area contributed by atoms with Gasteiger partial charge in [0.1, 0.15) is 0 Å². The van der Waals surface area contributed by atoms with Crippen LogP contribution in [-0.2, 0) is 0 Å². The lowest BCUT2D eigenvalue weighted by Crippen LogP contribution is -2.43. The maximum Gasteiger partial charge on any atom is 0.273 e.